The van der Waals surface area contributed by atoms with Gasteiger partial charge in [0.05, 0.1) is 0 Å². The largest absolute Gasteiger partial charge is 0.369 e. The Bertz CT molecular complexity index is 362. The standard InChI is InChI=1S/C15H24N2/c1-4-9-16-13(3)14-6-5-7-15(11-14)17-10-8-12(17)2/h5-7,11-13,16H,4,8-10H2,1-3H3. The molecule has 1 aromatic rings. The zero-order valence-corrected chi connectivity index (χ0v) is 11.2. The molecule has 0 spiro atoms. The third-order valence-corrected chi connectivity index (χ3v) is 3.72. The molecule has 1 aromatic carbocycles. The van der Waals surface area contributed by atoms with Gasteiger partial charge in [0.25, 0.3) is 0 Å². The van der Waals surface area contributed by atoms with Crippen LogP contribution >= 0.6 is 0 Å². The lowest BCUT2D eigenvalue weighted by Gasteiger charge is -2.41. The van der Waals surface area contributed by atoms with Crippen molar-refractivity contribution in [2.24, 2.45) is 0 Å². The van der Waals surface area contributed by atoms with Crippen molar-refractivity contribution in [1.82, 2.24) is 5.32 Å². The smallest absolute Gasteiger partial charge is 0.0371 e. The maximum absolute atomic E-state index is 3.54. The first kappa shape index (κ1) is 12.4. The van der Waals surface area contributed by atoms with E-state index in [0.29, 0.717) is 12.1 Å². The van der Waals surface area contributed by atoms with Crippen molar-refractivity contribution in [3.8, 4) is 0 Å². The summed E-state index contributed by atoms with van der Waals surface area (Å²) in [6.07, 6.45) is 2.51. The molecule has 2 rings (SSSR count). The van der Waals surface area contributed by atoms with E-state index < -0.39 is 0 Å². The van der Waals surface area contributed by atoms with Crippen molar-refractivity contribution >= 4 is 5.69 Å². The van der Waals surface area contributed by atoms with Crippen LogP contribution in [0.1, 0.15) is 45.2 Å². The molecule has 0 aliphatic carbocycles. The number of hydrogen-bond acceptors (Lipinski definition) is 2. The van der Waals surface area contributed by atoms with Crippen LogP contribution in [-0.4, -0.2) is 19.1 Å². The molecule has 0 amide bonds. The number of benzene rings is 1. The third kappa shape index (κ3) is 2.81. The Hall–Kier alpha value is -1.02. The van der Waals surface area contributed by atoms with Gasteiger partial charge in [-0.05, 0) is 50.9 Å². The minimum Gasteiger partial charge on any atom is -0.369 e. The molecule has 2 nitrogen and oxygen atoms in total. The van der Waals surface area contributed by atoms with E-state index in [1.165, 1.54) is 30.6 Å². The Kier molecular flexibility index (Phi) is 4.06. The van der Waals surface area contributed by atoms with Gasteiger partial charge in [0.1, 0.15) is 0 Å². The normalized spacial score (nSPS) is 21.1. The van der Waals surface area contributed by atoms with Gasteiger partial charge in [-0.15, -0.1) is 0 Å². The molecule has 17 heavy (non-hydrogen) atoms. The molecule has 1 aliphatic heterocycles. The SMILES string of the molecule is CCCNC(C)c1cccc(N2CCC2C)c1. The predicted molar refractivity (Wildman–Crippen MR) is 74.6 cm³/mol. The van der Waals surface area contributed by atoms with Crippen LogP contribution in [0.3, 0.4) is 0 Å². The molecule has 2 atom stereocenters. The fraction of sp³-hybridized carbons (Fsp3) is 0.600. The van der Waals surface area contributed by atoms with Crippen LogP contribution in [0.4, 0.5) is 5.69 Å². The van der Waals surface area contributed by atoms with Gasteiger partial charge in [0.2, 0.25) is 0 Å². The molecular weight excluding hydrogens is 208 g/mol. The van der Waals surface area contributed by atoms with Crippen LogP contribution < -0.4 is 10.2 Å². The molecule has 1 saturated heterocycles. The van der Waals surface area contributed by atoms with Gasteiger partial charge in [-0.2, -0.15) is 0 Å². The quantitative estimate of drug-likeness (QED) is 0.837. The molecule has 2 heteroatoms. The Balaban J connectivity index is 2.05. The molecule has 0 bridgehead atoms. The van der Waals surface area contributed by atoms with Crippen LogP contribution in [-0.2, 0) is 0 Å². The molecule has 0 saturated carbocycles. The lowest BCUT2D eigenvalue weighted by molar-refractivity contribution is 0.480. The average molecular weight is 232 g/mol. The minimum atomic E-state index is 0.450. The molecule has 2 unspecified atom stereocenters. The van der Waals surface area contributed by atoms with Gasteiger partial charge < -0.3 is 10.2 Å². The number of anilines is 1. The summed E-state index contributed by atoms with van der Waals surface area (Å²) in [5, 5.41) is 3.54. The van der Waals surface area contributed by atoms with Gasteiger partial charge in [-0.25, -0.2) is 0 Å². The van der Waals surface area contributed by atoms with Gasteiger partial charge in [-0.1, -0.05) is 19.1 Å². The first-order valence-corrected chi connectivity index (χ1v) is 6.82. The van der Waals surface area contributed by atoms with Gasteiger partial charge in [0.15, 0.2) is 0 Å². The zero-order chi connectivity index (χ0) is 12.3. The topological polar surface area (TPSA) is 15.3 Å². The number of nitrogens with one attached hydrogen (secondary N) is 1. The Morgan fingerprint density at radius 1 is 1.47 bits per heavy atom. The highest BCUT2D eigenvalue weighted by Crippen LogP contribution is 2.28. The van der Waals surface area contributed by atoms with E-state index in [-0.39, 0.29) is 0 Å². The van der Waals surface area contributed by atoms with Crippen molar-refractivity contribution in [1.29, 1.82) is 0 Å². The van der Waals surface area contributed by atoms with E-state index in [2.05, 4.69) is 55.3 Å². The van der Waals surface area contributed by atoms with Crippen molar-refractivity contribution in [3.63, 3.8) is 0 Å². The summed E-state index contributed by atoms with van der Waals surface area (Å²) in [6, 6.07) is 10.1. The summed E-state index contributed by atoms with van der Waals surface area (Å²) >= 11 is 0. The van der Waals surface area contributed by atoms with Crippen molar-refractivity contribution in [2.75, 3.05) is 18.0 Å². The predicted octanol–water partition coefficient (Wildman–Crippen LogP) is 3.35. The highest BCUT2D eigenvalue weighted by Gasteiger charge is 2.23. The second-order valence-electron chi connectivity index (χ2n) is 5.10. The summed E-state index contributed by atoms with van der Waals surface area (Å²) in [5.74, 6) is 0. The monoisotopic (exact) mass is 232 g/mol. The number of nitrogens with zero attached hydrogens (tertiary/aromatic N) is 1. The van der Waals surface area contributed by atoms with Crippen LogP contribution in [0, 0.1) is 0 Å². The van der Waals surface area contributed by atoms with Gasteiger partial charge in [0, 0.05) is 24.3 Å². The zero-order valence-electron chi connectivity index (χ0n) is 11.2. The Labute approximate surface area is 105 Å². The highest BCUT2D eigenvalue weighted by atomic mass is 15.2. The van der Waals surface area contributed by atoms with E-state index in [1.807, 2.05) is 0 Å². The van der Waals surface area contributed by atoms with Crippen molar-refractivity contribution < 1.29 is 0 Å². The summed E-state index contributed by atoms with van der Waals surface area (Å²) in [4.78, 5) is 2.48. The second-order valence-corrected chi connectivity index (χ2v) is 5.10. The first-order chi connectivity index (χ1) is 8.22. The molecule has 1 fully saturated rings. The average Bonchev–Trinajstić information content (AvgIpc) is 2.34. The minimum absolute atomic E-state index is 0.450. The van der Waals surface area contributed by atoms with E-state index in [9.17, 15) is 0 Å². The van der Waals surface area contributed by atoms with Crippen LogP contribution in [0.2, 0.25) is 0 Å². The number of hydrogen-bond donors (Lipinski definition) is 1. The van der Waals surface area contributed by atoms with Crippen LogP contribution in [0.15, 0.2) is 24.3 Å². The summed E-state index contributed by atoms with van der Waals surface area (Å²) < 4.78 is 0. The third-order valence-electron chi connectivity index (χ3n) is 3.72. The van der Waals surface area contributed by atoms with E-state index in [4.69, 9.17) is 0 Å². The molecule has 94 valence electrons. The lowest BCUT2D eigenvalue weighted by Crippen LogP contribution is -2.45. The fourth-order valence-corrected chi connectivity index (χ4v) is 2.35. The number of rotatable bonds is 5. The maximum atomic E-state index is 3.54. The summed E-state index contributed by atoms with van der Waals surface area (Å²) in [6.45, 7) is 9.05. The molecule has 0 aromatic heterocycles. The highest BCUT2D eigenvalue weighted by molar-refractivity contribution is 5.52. The molecular formula is C15H24N2. The van der Waals surface area contributed by atoms with Crippen LogP contribution in [0.5, 0.6) is 0 Å². The van der Waals surface area contributed by atoms with Crippen LogP contribution in [0.25, 0.3) is 0 Å². The van der Waals surface area contributed by atoms with Gasteiger partial charge >= 0.3 is 0 Å². The fourth-order valence-electron chi connectivity index (χ4n) is 2.35. The lowest BCUT2D eigenvalue weighted by atomic mass is 10.0. The van der Waals surface area contributed by atoms with E-state index >= 15 is 0 Å². The Morgan fingerprint density at radius 2 is 2.29 bits per heavy atom. The molecule has 1 heterocycles. The van der Waals surface area contributed by atoms with Crippen molar-refractivity contribution in [3.05, 3.63) is 29.8 Å². The summed E-state index contributed by atoms with van der Waals surface area (Å²) in [7, 11) is 0. The summed E-state index contributed by atoms with van der Waals surface area (Å²) in [5.41, 5.74) is 2.78. The second kappa shape index (κ2) is 5.54. The molecule has 1 aliphatic rings. The first-order valence-electron chi connectivity index (χ1n) is 6.82. The molecule has 0 radical (unpaired) electrons. The van der Waals surface area contributed by atoms with E-state index in [0.717, 1.165) is 6.54 Å². The van der Waals surface area contributed by atoms with E-state index in [1.54, 1.807) is 0 Å². The Morgan fingerprint density at radius 3 is 2.88 bits per heavy atom. The molecule has 1 N–H and O–H groups in total. The maximum Gasteiger partial charge on any atom is 0.0371 e. The van der Waals surface area contributed by atoms with Crippen molar-refractivity contribution in [2.45, 2.75) is 45.7 Å². The van der Waals surface area contributed by atoms with Gasteiger partial charge in [-0.3, -0.25) is 0 Å².